The van der Waals surface area contributed by atoms with Crippen LogP contribution >= 0.6 is 12.2 Å². The summed E-state index contributed by atoms with van der Waals surface area (Å²) in [6.07, 6.45) is 1.02. The van der Waals surface area contributed by atoms with Gasteiger partial charge in [-0.1, -0.05) is 6.92 Å². The summed E-state index contributed by atoms with van der Waals surface area (Å²) in [5.41, 5.74) is 1.23. The van der Waals surface area contributed by atoms with Crippen LogP contribution in [0.4, 0.5) is 5.82 Å². The largest absolute Gasteiger partial charge is 0.454 e. The van der Waals surface area contributed by atoms with E-state index in [1.54, 1.807) is 6.07 Å². The van der Waals surface area contributed by atoms with Gasteiger partial charge in [0.1, 0.15) is 11.9 Å². The quantitative estimate of drug-likeness (QED) is 0.535. The molecular weight excluding hydrogens is 338 g/mol. The van der Waals surface area contributed by atoms with Crippen LogP contribution in [-0.4, -0.2) is 36.5 Å². The van der Waals surface area contributed by atoms with Crippen LogP contribution in [0.5, 0.6) is 11.5 Å². The third kappa shape index (κ3) is 4.00. The maximum atomic E-state index is 9.38. The molecule has 0 radical (unpaired) electrons. The third-order valence-electron chi connectivity index (χ3n) is 3.67. The molecule has 7 nitrogen and oxygen atoms in total. The van der Waals surface area contributed by atoms with E-state index < -0.39 is 0 Å². The van der Waals surface area contributed by atoms with E-state index >= 15 is 0 Å². The fraction of sp³-hybridized carbons (Fsp3) is 0.353. The second-order valence-corrected chi connectivity index (χ2v) is 5.91. The maximum Gasteiger partial charge on any atom is 0.231 e. The lowest BCUT2D eigenvalue weighted by molar-refractivity contribution is 0.174. The van der Waals surface area contributed by atoms with Crippen molar-refractivity contribution in [3.8, 4) is 17.6 Å². The zero-order chi connectivity index (χ0) is 17.6. The van der Waals surface area contributed by atoms with Gasteiger partial charge >= 0.3 is 0 Å². The Morgan fingerprint density at radius 3 is 2.72 bits per heavy atom. The van der Waals surface area contributed by atoms with Crippen LogP contribution in [0.25, 0.3) is 10.9 Å². The number of thiocarbonyl (C=S) groups is 1. The number of nitriles is 1. The molecule has 3 N–H and O–H groups in total. The van der Waals surface area contributed by atoms with Crippen LogP contribution in [0.15, 0.2) is 18.2 Å². The second kappa shape index (κ2) is 7.85. The molecule has 1 aromatic heterocycles. The number of fused-ring (bicyclic) bond motifs is 2. The van der Waals surface area contributed by atoms with E-state index in [1.807, 2.05) is 12.1 Å². The van der Waals surface area contributed by atoms with Crippen molar-refractivity contribution in [3.05, 3.63) is 23.8 Å². The van der Waals surface area contributed by atoms with Gasteiger partial charge in [-0.15, -0.1) is 0 Å². The van der Waals surface area contributed by atoms with Gasteiger partial charge in [0.05, 0.1) is 11.1 Å². The van der Waals surface area contributed by atoms with Crippen LogP contribution in [0, 0.1) is 11.3 Å². The monoisotopic (exact) mass is 357 g/mol. The first-order chi connectivity index (χ1) is 12.2. The molecule has 0 saturated heterocycles. The lowest BCUT2D eigenvalue weighted by atomic mass is 10.1. The highest BCUT2D eigenvalue weighted by Gasteiger charge is 2.16. The average Bonchev–Trinajstić information content (AvgIpc) is 3.08. The van der Waals surface area contributed by atoms with Crippen LogP contribution in [0.2, 0.25) is 0 Å². The molecular formula is C17H19N5O2S. The molecule has 0 spiro atoms. The summed E-state index contributed by atoms with van der Waals surface area (Å²) in [5, 5.41) is 20.2. The van der Waals surface area contributed by atoms with E-state index in [4.69, 9.17) is 21.7 Å². The summed E-state index contributed by atoms with van der Waals surface area (Å²) in [6.45, 7) is 4.35. The number of aromatic nitrogens is 1. The number of nitrogens with one attached hydrogen (secondary N) is 3. The Hall–Kier alpha value is -2.79. The molecule has 0 amide bonds. The van der Waals surface area contributed by atoms with Crippen LogP contribution in [-0.2, 0) is 0 Å². The first-order valence-electron chi connectivity index (χ1n) is 8.11. The van der Waals surface area contributed by atoms with Gasteiger partial charge in [-0.05, 0) is 30.8 Å². The molecule has 8 heteroatoms. The molecule has 0 saturated carbocycles. The highest BCUT2D eigenvalue weighted by molar-refractivity contribution is 7.80. The minimum atomic E-state index is 0.208. The van der Waals surface area contributed by atoms with Crippen molar-refractivity contribution in [1.82, 2.24) is 15.6 Å². The molecule has 2 aromatic rings. The first-order valence-corrected chi connectivity index (χ1v) is 8.52. The van der Waals surface area contributed by atoms with Crippen molar-refractivity contribution in [2.45, 2.75) is 13.3 Å². The van der Waals surface area contributed by atoms with E-state index in [9.17, 15) is 5.26 Å². The molecule has 1 aliphatic rings. The third-order valence-corrected chi connectivity index (χ3v) is 3.96. The molecule has 25 heavy (non-hydrogen) atoms. The molecule has 0 bridgehead atoms. The Bertz CT molecular complexity index is 834. The van der Waals surface area contributed by atoms with Crippen LogP contribution < -0.4 is 25.4 Å². The standard InChI is InChI=1S/C17H19N5O2S/c1-2-3-20-17(25)21-5-4-19-16-12(9-18)6-11-7-14-15(24-10-23-14)8-13(11)22-16/h6-8H,2-5,10H2,1H3,(H,19,22)(H2,20,21,25). The Morgan fingerprint density at radius 2 is 1.96 bits per heavy atom. The highest BCUT2D eigenvalue weighted by atomic mass is 32.1. The first kappa shape index (κ1) is 17.0. The zero-order valence-corrected chi connectivity index (χ0v) is 14.7. The molecule has 0 unspecified atom stereocenters. The van der Waals surface area contributed by atoms with Crippen molar-refractivity contribution in [2.75, 3.05) is 31.7 Å². The predicted molar refractivity (Wildman–Crippen MR) is 100.0 cm³/mol. The van der Waals surface area contributed by atoms with Crippen molar-refractivity contribution in [3.63, 3.8) is 0 Å². The molecule has 130 valence electrons. The van der Waals surface area contributed by atoms with Gasteiger partial charge in [0.2, 0.25) is 6.79 Å². The minimum absolute atomic E-state index is 0.208. The summed E-state index contributed by atoms with van der Waals surface area (Å²) in [6, 6.07) is 7.64. The van der Waals surface area contributed by atoms with Crippen molar-refractivity contribution in [2.24, 2.45) is 0 Å². The Labute approximate surface area is 151 Å². The number of rotatable bonds is 6. The molecule has 0 atom stereocenters. The number of hydrogen-bond acceptors (Lipinski definition) is 6. The summed E-state index contributed by atoms with van der Waals surface area (Å²) in [7, 11) is 0. The minimum Gasteiger partial charge on any atom is -0.454 e. The molecule has 0 fully saturated rings. The summed E-state index contributed by atoms with van der Waals surface area (Å²) < 4.78 is 10.7. The zero-order valence-electron chi connectivity index (χ0n) is 13.9. The maximum absolute atomic E-state index is 9.38. The Balaban J connectivity index is 1.67. The molecule has 1 aromatic carbocycles. The predicted octanol–water partition coefficient (Wildman–Crippen LogP) is 2.12. The number of nitrogens with zero attached hydrogens (tertiary/aromatic N) is 2. The van der Waals surface area contributed by atoms with Gasteiger partial charge in [0.25, 0.3) is 0 Å². The topological polar surface area (TPSA) is 91.2 Å². The van der Waals surface area contributed by atoms with Gasteiger partial charge in [0, 0.05) is 31.1 Å². The van der Waals surface area contributed by atoms with E-state index in [0.717, 1.165) is 23.9 Å². The SMILES string of the molecule is CCCNC(=S)NCCNc1nc2cc3c(cc2cc1C#N)OCO3. The second-order valence-electron chi connectivity index (χ2n) is 5.50. The summed E-state index contributed by atoms with van der Waals surface area (Å²) in [4.78, 5) is 4.54. The van der Waals surface area contributed by atoms with Crippen molar-refractivity contribution < 1.29 is 9.47 Å². The number of pyridine rings is 1. The fourth-order valence-corrected chi connectivity index (χ4v) is 2.65. The van der Waals surface area contributed by atoms with Gasteiger partial charge in [-0.3, -0.25) is 0 Å². The Morgan fingerprint density at radius 1 is 1.20 bits per heavy atom. The Kier molecular flexibility index (Phi) is 5.36. The van der Waals surface area contributed by atoms with E-state index in [-0.39, 0.29) is 6.79 Å². The number of benzene rings is 1. The van der Waals surface area contributed by atoms with Crippen LogP contribution in [0.3, 0.4) is 0 Å². The lowest BCUT2D eigenvalue weighted by Crippen LogP contribution is -2.38. The number of ether oxygens (including phenoxy) is 2. The van der Waals surface area contributed by atoms with Gasteiger partial charge in [-0.25, -0.2) is 4.98 Å². The molecule has 2 heterocycles. The average molecular weight is 357 g/mol. The summed E-state index contributed by atoms with van der Waals surface area (Å²) >= 11 is 5.16. The van der Waals surface area contributed by atoms with E-state index in [1.165, 1.54) is 0 Å². The van der Waals surface area contributed by atoms with Gasteiger partial charge in [0.15, 0.2) is 16.6 Å². The lowest BCUT2D eigenvalue weighted by Gasteiger charge is -2.12. The van der Waals surface area contributed by atoms with Crippen LogP contribution in [0.1, 0.15) is 18.9 Å². The van der Waals surface area contributed by atoms with Gasteiger partial charge < -0.3 is 25.4 Å². The molecule has 0 aliphatic carbocycles. The summed E-state index contributed by atoms with van der Waals surface area (Å²) in [5.74, 6) is 1.89. The molecule has 1 aliphatic heterocycles. The van der Waals surface area contributed by atoms with Crippen molar-refractivity contribution in [1.29, 1.82) is 5.26 Å². The number of anilines is 1. The van der Waals surface area contributed by atoms with E-state index in [2.05, 4.69) is 33.9 Å². The van der Waals surface area contributed by atoms with Gasteiger partial charge in [-0.2, -0.15) is 5.26 Å². The molecule has 3 rings (SSSR count). The van der Waals surface area contributed by atoms with E-state index in [0.29, 0.717) is 41.1 Å². The smallest absolute Gasteiger partial charge is 0.231 e. The number of hydrogen-bond donors (Lipinski definition) is 3. The fourth-order valence-electron chi connectivity index (χ4n) is 2.44. The highest BCUT2D eigenvalue weighted by Crippen LogP contribution is 2.36. The normalized spacial score (nSPS) is 11.8. The van der Waals surface area contributed by atoms with Crippen molar-refractivity contribution >= 4 is 34.1 Å².